The third-order valence-electron chi connectivity index (χ3n) is 3.17. The zero-order chi connectivity index (χ0) is 11.7. The Morgan fingerprint density at radius 3 is 2.88 bits per heavy atom. The maximum Gasteiger partial charge on any atom is 0.0290 e. The first-order valence-electron chi connectivity index (χ1n) is 5.85. The molecule has 0 spiro atoms. The van der Waals surface area contributed by atoms with Crippen LogP contribution in [-0.4, -0.2) is 11.3 Å². The molecule has 2 N–H and O–H groups in total. The normalized spacial score (nSPS) is 20.2. The van der Waals surface area contributed by atoms with Crippen molar-refractivity contribution in [3.63, 3.8) is 0 Å². The summed E-state index contributed by atoms with van der Waals surface area (Å²) in [6.45, 7) is 0. The lowest BCUT2D eigenvalue weighted by atomic mass is 10.0. The molecule has 0 radical (unpaired) electrons. The van der Waals surface area contributed by atoms with Crippen LogP contribution >= 0.6 is 23.1 Å². The Morgan fingerprint density at radius 1 is 1.24 bits per heavy atom. The van der Waals surface area contributed by atoms with Gasteiger partial charge in [-0.2, -0.15) is 0 Å². The lowest BCUT2D eigenvalue weighted by Gasteiger charge is -2.17. The van der Waals surface area contributed by atoms with Crippen LogP contribution in [0.25, 0.3) is 0 Å². The van der Waals surface area contributed by atoms with E-state index < -0.39 is 0 Å². The first-order valence-corrected chi connectivity index (χ1v) is 7.61. The molecule has 1 aromatic carbocycles. The van der Waals surface area contributed by atoms with Crippen LogP contribution in [0.1, 0.15) is 10.4 Å². The fraction of sp³-hybridized carbons (Fsp3) is 0.286. The van der Waals surface area contributed by atoms with E-state index in [-0.39, 0.29) is 6.04 Å². The minimum Gasteiger partial charge on any atom is -0.326 e. The summed E-state index contributed by atoms with van der Waals surface area (Å²) in [7, 11) is 0. The third kappa shape index (κ3) is 2.41. The number of hydrogen-bond acceptors (Lipinski definition) is 3. The molecule has 3 rings (SSSR count). The summed E-state index contributed by atoms with van der Waals surface area (Å²) in [4.78, 5) is 2.81. The van der Waals surface area contributed by atoms with Gasteiger partial charge in [-0.1, -0.05) is 24.3 Å². The third-order valence-corrected chi connectivity index (χ3v) is 5.54. The Labute approximate surface area is 110 Å². The minimum absolute atomic E-state index is 0.256. The van der Waals surface area contributed by atoms with Crippen LogP contribution in [0.4, 0.5) is 0 Å². The van der Waals surface area contributed by atoms with E-state index in [4.69, 9.17) is 5.73 Å². The van der Waals surface area contributed by atoms with E-state index >= 15 is 0 Å². The summed E-state index contributed by atoms with van der Waals surface area (Å²) in [6.07, 6.45) is 2.12. The highest BCUT2D eigenvalue weighted by molar-refractivity contribution is 8.00. The summed E-state index contributed by atoms with van der Waals surface area (Å²) in [6, 6.07) is 13.2. The van der Waals surface area contributed by atoms with Crippen LogP contribution < -0.4 is 5.73 Å². The number of benzene rings is 1. The van der Waals surface area contributed by atoms with Crippen molar-refractivity contribution in [3.8, 4) is 0 Å². The second-order valence-electron chi connectivity index (χ2n) is 4.42. The van der Waals surface area contributed by atoms with Crippen molar-refractivity contribution in [1.82, 2.24) is 0 Å². The predicted octanol–water partition coefficient (Wildman–Crippen LogP) is 3.33. The highest BCUT2D eigenvalue weighted by Gasteiger charge is 2.27. The average Bonchev–Trinajstić information content (AvgIpc) is 2.96. The van der Waals surface area contributed by atoms with Gasteiger partial charge in [0, 0.05) is 21.1 Å². The first-order chi connectivity index (χ1) is 8.33. The molecule has 1 aromatic heterocycles. The number of fused-ring (bicyclic) bond motifs is 1. The van der Waals surface area contributed by atoms with Crippen LogP contribution in [0.15, 0.2) is 46.7 Å². The lowest BCUT2D eigenvalue weighted by molar-refractivity contribution is 0.637. The summed E-state index contributed by atoms with van der Waals surface area (Å²) in [5, 5.41) is 2.66. The highest BCUT2D eigenvalue weighted by atomic mass is 32.2. The molecule has 2 atom stereocenters. The summed E-state index contributed by atoms with van der Waals surface area (Å²) in [5.74, 6) is 0. The van der Waals surface area contributed by atoms with Gasteiger partial charge < -0.3 is 5.73 Å². The summed E-state index contributed by atoms with van der Waals surface area (Å²) < 4.78 is 0. The number of hydrogen-bond donors (Lipinski definition) is 1. The molecule has 0 bridgehead atoms. The smallest absolute Gasteiger partial charge is 0.0290 e. The number of thioether (sulfide) groups is 1. The fourth-order valence-electron chi connectivity index (χ4n) is 2.24. The lowest BCUT2D eigenvalue weighted by Crippen LogP contribution is -2.34. The standard InChI is InChI=1S/C14H15NS2/c15-12(9-11-5-3-7-16-11)14-8-10-4-1-2-6-13(10)17-14/h1-7,12,14H,8-9,15H2. The van der Waals surface area contributed by atoms with Crippen molar-refractivity contribution < 1.29 is 0 Å². The van der Waals surface area contributed by atoms with Crippen LogP contribution in [-0.2, 0) is 12.8 Å². The van der Waals surface area contributed by atoms with E-state index in [1.807, 2.05) is 11.8 Å². The Kier molecular flexibility index (Phi) is 3.23. The molecule has 88 valence electrons. The maximum absolute atomic E-state index is 6.34. The quantitative estimate of drug-likeness (QED) is 0.917. The Bertz CT molecular complexity index is 468. The van der Waals surface area contributed by atoms with Gasteiger partial charge >= 0.3 is 0 Å². The molecule has 3 heteroatoms. The maximum atomic E-state index is 6.34. The predicted molar refractivity (Wildman–Crippen MR) is 75.8 cm³/mol. The van der Waals surface area contributed by atoms with Crippen molar-refractivity contribution in [3.05, 3.63) is 52.2 Å². The van der Waals surface area contributed by atoms with E-state index in [1.54, 1.807) is 11.3 Å². The van der Waals surface area contributed by atoms with Gasteiger partial charge in [0.15, 0.2) is 0 Å². The van der Waals surface area contributed by atoms with E-state index in [9.17, 15) is 0 Å². The molecular weight excluding hydrogens is 246 g/mol. The number of rotatable bonds is 3. The van der Waals surface area contributed by atoms with E-state index in [0.29, 0.717) is 5.25 Å². The van der Waals surface area contributed by atoms with E-state index in [0.717, 1.165) is 12.8 Å². The summed E-state index contributed by atoms with van der Waals surface area (Å²) >= 11 is 3.75. The van der Waals surface area contributed by atoms with Crippen LogP contribution in [0, 0.1) is 0 Å². The van der Waals surface area contributed by atoms with Gasteiger partial charge in [0.05, 0.1) is 0 Å². The van der Waals surface area contributed by atoms with Gasteiger partial charge in [-0.25, -0.2) is 0 Å². The Hall–Kier alpha value is -0.770. The topological polar surface area (TPSA) is 26.0 Å². The van der Waals surface area contributed by atoms with Gasteiger partial charge in [-0.05, 0) is 35.9 Å². The van der Waals surface area contributed by atoms with Crippen molar-refractivity contribution in [2.45, 2.75) is 29.0 Å². The average molecular weight is 261 g/mol. The number of thiophene rings is 1. The highest BCUT2D eigenvalue weighted by Crippen LogP contribution is 2.38. The van der Waals surface area contributed by atoms with Gasteiger partial charge in [-0.3, -0.25) is 0 Å². The molecule has 1 nitrogen and oxygen atoms in total. The Morgan fingerprint density at radius 2 is 2.12 bits per heavy atom. The second kappa shape index (κ2) is 4.84. The van der Waals surface area contributed by atoms with Gasteiger partial charge in [0.25, 0.3) is 0 Å². The van der Waals surface area contributed by atoms with Crippen LogP contribution in [0.2, 0.25) is 0 Å². The first kappa shape index (κ1) is 11.3. The molecule has 0 amide bonds. The van der Waals surface area contributed by atoms with Gasteiger partial charge in [-0.15, -0.1) is 23.1 Å². The largest absolute Gasteiger partial charge is 0.326 e. The second-order valence-corrected chi connectivity index (χ2v) is 6.73. The molecule has 0 saturated heterocycles. The molecule has 2 aromatic rings. The molecule has 0 aliphatic carbocycles. The van der Waals surface area contributed by atoms with Crippen molar-refractivity contribution in [1.29, 1.82) is 0 Å². The van der Waals surface area contributed by atoms with Crippen LogP contribution in [0.3, 0.4) is 0 Å². The van der Waals surface area contributed by atoms with Crippen LogP contribution in [0.5, 0.6) is 0 Å². The SMILES string of the molecule is NC(Cc1cccs1)C1Cc2ccccc2S1. The molecule has 1 aliphatic rings. The fourth-order valence-corrected chi connectivity index (χ4v) is 4.34. The molecule has 2 heterocycles. The molecule has 0 saturated carbocycles. The number of nitrogens with two attached hydrogens (primary N) is 1. The van der Waals surface area contributed by atoms with Crippen molar-refractivity contribution in [2.24, 2.45) is 5.73 Å². The zero-order valence-electron chi connectivity index (χ0n) is 9.50. The van der Waals surface area contributed by atoms with Gasteiger partial charge in [0.2, 0.25) is 0 Å². The van der Waals surface area contributed by atoms with E-state index in [2.05, 4.69) is 41.8 Å². The minimum atomic E-state index is 0.256. The molecule has 2 unspecified atom stereocenters. The zero-order valence-corrected chi connectivity index (χ0v) is 11.1. The van der Waals surface area contributed by atoms with E-state index in [1.165, 1.54) is 15.3 Å². The molecule has 1 aliphatic heterocycles. The molecular formula is C14H15NS2. The monoisotopic (exact) mass is 261 g/mol. The summed E-state index contributed by atoms with van der Waals surface area (Å²) in [5.41, 5.74) is 7.80. The molecule has 0 fully saturated rings. The van der Waals surface area contributed by atoms with Crippen molar-refractivity contribution >= 4 is 23.1 Å². The van der Waals surface area contributed by atoms with Crippen molar-refractivity contribution in [2.75, 3.05) is 0 Å². The van der Waals surface area contributed by atoms with Gasteiger partial charge in [0.1, 0.15) is 0 Å². The Balaban J connectivity index is 1.68. The molecule has 17 heavy (non-hydrogen) atoms.